The van der Waals surface area contributed by atoms with E-state index < -0.39 is 11.9 Å². The number of nitrogen functional groups attached to an aromatic ring is 2. The van der Waals surface area contributed by atoms with Crippen molar-refractivity contribution in [3.63, 3.8) is 0 Å². The number of anilines is 2. The fourth-order valence-electron chi connectivity index (χ4n) is 8.75. The number of benzene rings is 4. The first kappa shape index (κ1) is 45.5. The number of pyridine rings is 3. The molecule has 16 nitrogen and oxygen atoms in total. The Morgan fingerprint density at radius 3 is 1.89 bits per heavy atom. The summed E-state index contributed by atoms with van der Waals surface area (Å²) in [6.45, 7) is 5.72. The predicted molar refractivity (Wildman–Crippen MR) is 276 cm³/mol. The van der Waals surface area contributed by atoms with Gasteiger partial charge in [-0.2, -0.15) is 0 Å². The zero-order valence-electron chi connectivity index (χ0n) is 38.5. The summed E-state index contributed by atoms with van der Waals surface area (Å²) in [6.07, 6.45) is 8.37. The predicted octanol–water partition coefficient (Wildman–Crippen LogP) is 9.15. The number of nitrogens with one attached hydrogen (secondary N) is 2. The topological polar surface area (TPSA) is 218 Å². The van der Waals surface area contributed by atoms with Crippen molar-refractivity contribution in [2.75, 3.05) is 11.5 Å². The number of para-hydroxylation sites is 2. The second-order valence-corrected chi connectivity index (χ2v) is 17.2. The highest BCUT2D eigenvalue weighted by Gasteiger charge is 2.26. The van der Waals surface area contributed by atoms with E-state index in [0.717, 1.165) is 44.5 Å². The lowest BCUT2D eigenvalue weighted by Gasteiger charge is -2.21. The van der Waals surface area contributed by atoms with Crippen LogP contribution in [0.4, 0.5) is 11.6 Å². The summed E-state index contributed by atoms with van der Waals surface area (Å²) < 4.78 is 4.52. The smallest absolute Gasteiger partial charge is 0.264 e. The van der Waals surface area contributed by atoms with Gasteiger partial charge in [-0.3, -0.25) is 23.9 Å². The molecule has 17 heteroatoms. The SMILES string of the molecule is CC(NC(=O)c1c(N)nn2cccnc12)c1cc2cccc(Cl)c2c(=O)n1-c1ccccc1.Cc1cc(-c2cccc3cc(C(C)NC(=O)c4c(N)nn5cccnc45)c(-c4ccccc4)nc23)ccn1. The summed E-state index contributed by atoms with van der Waals surface area (Å²) >= 11 is 6.37. The maximum absolute atomic E-state index is 13.5. The van der Waals surface area contributed by atoms with Gasteiger partial charge in [0.25, 0.3) is 17.4 Å². The molecule has 0 fully saturated rings. The molecule has 0 spiro atoms. The number of carbonyl (C=O) groups excluding carboxylic acids is 2. The monoisotopic (exact) mass is 957 g/mol. The van der Waals surface area contributed by atoms with Gasteiger partial charge < -0.3 is 22.1 Å². The molecule has 2 amide bonds. The van der Waals surface area contributed by atoms with E-state index in [9.17, 15) is 14.4 Å². The zero-order chi connectivity index (χ0) is 49.3. The van der Waals surface area contributed by atoms with Crippen molar-refractivity contribution in [2.45, 2.75) is 32.9 Å². The highest BCUT2D eigenvalue weighted by molar-refractivity contribution is 6.35. The van der Waals surface area contributed by atoms with Gasteiger partial charge in [0.1, 0.15) is 11.1 Å². The van der Waals surface area contributed by atoms with Gasteiger partial charge in [-0.25, -0.2) is 24.0 Å². The number of hydrogen-bond acceptors (Lipinski definition) is 11. The molecule has 4 aromatic carbocycles. The van der Waals surface area contributed by atoms with Crippen molar-refractivity contribution in [3.8, 4) is 28.1 Å². The summed E-state index contributed by atoms with van der Waals surface area (Å²) in [5, 5.41) is 16.9. The van der Waals surface area contributed by atoms with E-state index in [1.165, 1.54) is 9.03 Å². The lowest BCUT2D eigenvalue weighted by molar-refractivity contribution is 0.0933. The third-order valence-electron chi connectivity index (χ3n) is 12.1. The van der Waals surface area contributed by atoms with Crippen LogP contribution >= 0.6 is 11.6 Å². The Hall–Kier alpha value is -9.28. The Morgan fingerprint density at radius 2 is 1.24 bits per heavy atom. The van der Waals surface area contributed by atoms with Gasteiger partial charge in [0.2, 0.25) is 0 Å². The minimum atomic E-state index is -0.549. The average molecular weight is 958 g/mol. The van der Waals surface area contributed by atoms with Crippen LogP contribution in [-0.2, 0) is 0 Å². The number of fused-ring (bicyclic) bond motifs is 4. The highest BCUT2D eigenvalue weighted by Crippen LogP contribution is 2.35. The van der Waals surface area contributed by atoms with Crippen LogP contribution in [0.15, 0.2) is 169 Å². The molecule has 6 N–H and O–H groups in total. The normalized spacial score (nSPS) is 12.1. The molecule has 7 aromatic heterocycles. The molecule has 71 heavy (non-hydrogen) atoms. The van der Waals surface area contributed by atoms with Crippen molar-refractivity contribution in [2.24, 2.45) is 0 Å². The number of amides is 2. The molecule has 11 aromatic rings. The second-order valence-electron chi connectivity index (χ2n) is 16.8. The molecule has 2 atom stereocenters. The molecular weight excluding hydrogens is 914 g/mol. The summed E-state index contributed by atoms with van der Waals surface area (Å²) in [4.78, 5) is 58.2. The Bertz CT molecular complexity index is 3890. The molecule has 2 unspecified atom stereocenters. The van der Waals surface area contributed by atoms with Crippen LogP contribution in [0.5, 0.6) is 0 Å². The number of nitrogens with zero attached hydrogens (tertiary/aromatic N) is 9. The number of aryl methyl sites for hydroxylation is 1. The van der Waals surface area contributed by atoms with Gasteiger partial charge in [-0.05, 0) is 86.3 Å². The molecule has 350 valence electrons. The van der Waals surface area contributed by atoms with Gasteiger partial charge in [0.05, 0.1) is 33.7 Å². The van der Waals surface area contributed by atoms with Crippen LogP contribution in [0.1, 0.15) is 63.6 Å². The lowest BCUT2D eigenvalue weighted by atomic mass is 9.95. The van der Waals surface area contributed by atoms with Crippen molar-refractivity contribution in [1.82, 2.24) is 54.4 Å². The molecule has 0 saturated carbocycles. The van der Waals surface area contributed by atoms with Gasteiger partial charge in [-0.15, -0.1) is 10.2 Å². The third kappa shape index (κ3) is 8.75. The summed E-state index contributed by atoms with van der Waals surface area (Å²) in [6, 6.07) is 41.2. The Kier molecular flexibility index (Phi) is 12.2. The highest BCUT2D eigenvalue weighted by atomic mass is 35.5. The largest absolute Gasteiger partial charge is 0.381 e. The van der Waals surface area contributed by atoms with Crippen molar-refractivity contribution < 1.29 is 9.59 Å². The van der Waals surface area contributed by atoms with Crippen LogP contribution in [0.2, 0.25) is 5.02 Å². The first-order chi connectivity index (χ1) is 34.4. The molecule has 0 aliphatic rings. The molecule has 7 heterocycles. The number of halogens is 1. The Balaban J connectivity index is 0.000000166. The summed E-state index contributed by atoms with van der Waals surface area (Å²) in [7, 11) is 0. The van der Waals surface area contributed by atoms with E-state index in [-0.39, 0.29) is 40.3 Å². The minimum Gasteiger partial charge on any atom is -0.381 e. The first-order valence-corrected chi connectivity index (χ1v) is 22.9. The fourth-order valence-corrected chi connectivity index (χ4v) is 9.02. The van der Waals surface area contributed by atoms with E-state index >= 15 is 0 Å². The summed E-state index contributed by atoms with van der Waals surface area (Å²) in [5.74, 6) is -0.578. The minimum absolute atomic E-state index is 0.0733. The molecule has 0 saturated heterocycles. The van der Waals surface area contributed by atoms with Gasteiger partial charge in [0.15, 0.2) is 22.9 Å². The Morgan fingerprint density at radius 1 is 0.634 bits per heavy atom. The zero-order valence-corrected chi connectivity index (χ0v) is 39.3. The number of hydrogen-bond donors (Lipinski definition) is 4. The number of rotatable bonds is 9. The number of aromatic nitrogens is 9. The first-order valence-electron chi connectivity index (χ1n) is 22.6. The van der Waals surface area contributed by atoms with Crippen LogP contribution < -0.4 is 27.7 Å². The third-order valence-corrected chi connectivity index (χ3v) is 12.4. The van der Waals surface area contributed by atoms with Gasteiger partial charge >= 0.3 is 0 Å². The maximum atomic E-state index is 13.5. The molecule has 0 aliphatic heterocycles. The van der Waals surface area contributed by atoms with E-state index in [1.54, 1.807) is 60.5 Å². The molecule has 11 rings (SSSR count). The van der Waals surface area contributed by atoms with E-state index in [4.69, 9.17) is 28.1 Å². The summed E-state index contributed by atoms with van der Waals surface area (Å²) in [5.41, 5.74) is 20.8. The van der Waals surface area contributed by atoms with E-state index in [2.05, 4.69) is 54.0 Å². The average Bonchev–Trinajstić information content (AvgIpc) is 3.91. The van der Waals surface area contributed by atoms with Crippen LogP contribution in [-0.4, -0.2) is 55.5 Å². The van der Waals surface area contributed by atoms with E-state index in [0.29, 0.717) is 38.5 Å². The van der Waals surface area contributed by atoms with Crippen molar-refractivity contribution in [1.29, 1.82) is 0 Å². The van der Waals surface area contributed by atoms with Crippen LogP contribution in [0, 0.1) is 6.92 Å². The standard InChI is InChI=1S/C30H25N7O.C24H19ClN6O2/c1-18-16-21(12-14-32-18)23-11-6-10-22-17-24(26(35-27(22)23)20-8-4-3-5-9-20)19(2)34-30(38)25-28(31)36-37-15-7-13-33-29(25)37;1-14(28-23(32)20-21(26)29-30-12-6-11-27-22(20)30)18-13-15-7-5-10-17(25)19(15)24(33)31(18)16-8-3-2-4-9-16/h3-17,19H,1-2H3,(H2,31,36)(H,34,38);2-14H,1H3,(H2,26,29)(H,28,32). The molecule has 0 bridgehead atoms. The van der Waals surface area contributed by atoms with Crippen molar-refractivity contribution in [3.05, 3.63) is 208 Å². The second kappa shape index (κ2) is 19.0. The number of nitrogens with two attached hydrogens (primary N) is 2. The molecular formula is C54H44ClN13O3. The molecule has 0 aliphatic carbocycles. The number of carbonyl (C=O) groups is 2. The lowest BCUT2D eigenvalue weighted by Crippen LogP contribution is -2.32. The Labute approximate surface area is 410 Å². The maximum Gasteiger partial charge on any atom is 0.264 e. The van der Waals surface area contributed by atoms with E-state index in [1.807, 2.05) is 111 Å². The quantitative estimate of drug-likeness (QED) is 0.107. The van der Waals surface area contributed by atoms with Gasteiger partial charge in [-0.1, -0.05) is 90.5 Å². The van der Waals surface area contributed by atoms with Crippen LogP contribution in [0.25, 0.3) is 61.0 Å². The van der Waals surface area contributed by atoms with Crippen molar-refractivity contribution >= 4 is 68.0 Å². The van der Waals surface area contributed by atoms with Crippen LogP contribution in [0.3, 0.4) is 0 Å². The molecule has 0 radical (unpaired) electrons. The van der Waals surface area contributed by atoms with Gasteiger partial charge in [0, 0.05) is 70.1 Å². The fraction of sp³-hybridized carbons (Fsp3) is 0.0926.